The lowest BCUT2D eigenvalue weighted by Gasteiger charge is -2.15. The number of benzene rings is 6. The highest BCUT2D eigenvalue weighted by atomic mass is 15.0. The lowest BCUT2D eigenvalue weighted by molar-refractivity contribution is 1.12. The molecule has 0 N–H and O–H groups in total. The quantitative estimate of drug-likeness (QED) is 0.223. The molecule has 2 heterocycles. The van der Waals surface area contributed by atoms with Gasteiger partial charge in [0, 0.05) is 33.7 Å². The van der Waals surface area contributed by atoms with Crippen molar-refractivity contribution < 1.29 is 0 Å². The van der Waals surface area contributed by atoms with Gasteiger partial charge in [0.1, 0.15) is 0 Å². The molecule has 2 aromatic heterocycles. The highest BCUT2D eigenvalue weighted by molar-refractivity contribution is 6.18. The van der Waals surface area contributed by atoms with Gasteiger partial charge in [0.2, 0.25) is 0 Å². The number of aromatic nitrogens is 2. The number of para-hydroxylation sites is 2. The third-order valence-electron chi connectivity index (χ3n) is 7.91. The predicted octanol–water partition coefficient (Wildman–Crippen LogP) is 10.1. The minimum atomic E-state index is 1.15. The molecule has 0 fully saturated rings. The van der Waals surface area contributed by atoms with Crippen molar-refractivity contribution in [3.8, 4) is 33.6 Å². The van der Waals surface area contributed by atoms with E-state index >= 15 is 0 Å². The van der Waals surface area contributed by atoms with Crippen LogP contribution in [0, 0.1) is 0 Å². The molecule has 0 radical (unpaired) electrons. The Balaban J connectivity index is 1.48. The smallest absolute Gasteiger partial charge is 0.0788 e. The van der Waals surface area contributed by atoms with Gasteiger partial charge in [-0.1, -0.05) is 109 Å². The standard InChI is InChI=1S/C38H26N2/c1-4-12-27(13-5-1)30-24-31(28-14-6-2-7-15-28)26-33(25-30)39-23-22-29-20-21-35-34-18-10-11-19-36(34)40(38(35)37(29)39)32-16-8-3-9-17-32/h1-26H. The second-order valence-corrected chi connectivity index (χ2v) is 10.3. The van der Waals surface area contributed by atoms with E-state index in [4.69, 9.17) is 0 Å². The SMILES string of the molecule is c1ccc(-c2cc(-c3ccccc3)cc(-n3ccc4ccc5c6ccccc6n(-c6ccccc6)c5c43)c2)cc1. The Morgan fingerprint density at radius 1 is 0.375 bits per heavy atom. The fourth-order valence-electron chi connectivity index (χ4n) is 6.08. The van der Waals surface area contributed by atoms with E-state index in [9.17, 15) is 0 Å². The second-order valence-electron chi connectivity index (χ2n) is 10.3. The van der Waals surface area contributed by atoms with Crippen molar-refractivity contribution in [3.63, 3.8) is 0 Å². The number of rotatable bonds is 4. The summed E-state index contributed by atoms with van der Waals surface area (Å²) >= 11 is 0. The largest absolute Gasteiger partial charge is 0.315 e. The number of hydrogen-bond acceptors (Lipinski definition) is 0. The molecule has 0 bridgehead atoms. The lowest BCUT2D eigenvalue weighted by atomic mass is 9.98. The molecule has 8 rings (SSSR count). The maximum atomic E-state index is 2.42. The summed E-state index contributed by atoms with van der Waals surface area (Å²) in [5.74, 6) is 0. The zero-order valence-electron chi connectivity index (χ0n) is 21.9. The van der Waals surface area contributed by atoms with E-state index in [1.165, 1.54) is 55.0 Å². The highest BCUT2D eigenvalue weighted by Gasteiger charge is 2.18. The molecule has 0 saturated carbocycles. The first kappa shape index (κ1) is 22.6. The summed E-state index contributed by atoms with van der Waals surface area (Å²) in [5.41, 5.74) is 10.8. The van der Waals surface area contributed by atoms with Crippen LogP contribution in [0.3, 0.4) is 0 Å². The molecule has 2 heteroatoms. The van der Waals surface area contributed by atoms with Crippen LogP contribution in [-0.2, 0) is 0 Å². The Hall–Kier alpha value is -5.34. The molecule has 40 heavy (non-hydrogen) atoms. The molecule has 0 atom stereocenters. The van der Waals surface area contributed by atoms with Gasteiger partial charge in [0.25, 0.3) is 0 Å². The summed E-state index contributed by atoms with van der Waals surface area (Å²) in [6.07, 6.45) is 2.22. The third-order valence-corrected chi connectivity index (χ3v) is 7.91. The molecular weight excluding hydrogens is 484 g/mol. The van der Waals surface area contributed by atoms with E-state index in [-0.39, 0.29) is 0 Å². The summed E-state index contributed by atoms with van der Waals surface area (Å²) < 4.78 is 4.79. The molecule has 0 spiro atoms. The van der Waals surface area contributed by atoms with E-state index in [1.807, 2.05) is 0 Å². The lowest BCUT2D eigenvalue weighted by Crippen LogP contribution is -1.98. The maximum Gasteiger partial charge on any atom is 0.0788 e. The first-order chi connectivity index (χ1) is 19.8. The van der Waals surface area contributed by atoms with Crippen molar-refractivity contribution in [2.75, 3.05) is 0 Å². The molecule has 0 unspecified atom stereocenters. The van der Waals surface area contributed by atoms with Crippen molar-refractivity contribution in [1.29, 1.82) is 0 Å². The Morgan fingerprint density at radius 2 is 0.975 bits per heavy atom. The highest BCUT2D eigenvalue weighted by Crippen LogP contribution is 2.39. The first-order valence-electron chi connectivity index (χ1n) is 13.7. The minimum Gasteiger partial charge on any atom is -0.315 e. The summed E-state index contributed by atoms with van der Waals surface area (Å²) in [6.45, 7) is 0. The summed E-state index contributed by atoms with van der Waals surface area (Å²) in [7, 11) is 0. The molecule has 6 aromatic carbocycles. The zero-order valence-corrected chi connectivity index (χ0v) is 21.9. The molecule has 0 saturated heterocycles. The number of hydrogen-bond donors (Lipinski definition) is 0. The van der Waals surface area contributed by atoms with Crippen LogP contribution in [0.2, 0.25) is 0 Å². The first-order valence-corrected chi connectivity index (χ1v) is 13.7. The van der Waals surface area contributed by atoms with Gasteiger partial charge < -0.3 is 9.13 Å². The van der Waals surface area contributed by atoms with Crippen LogP contribution < -0.4 is 0 Å². The number of nitrogens with zero attached hydrogens (tertiary/aromatic N) is 2. The molecule has 2 nitrogen and oxygen atoms in total. The van der Waals surface area contributed by atoms with Crippen molar-refractivity contribution in [1.82, 2.24) is 9.13 Å². The predicted molar refractivity (Wildman–Crippen MR) is 168 cm³/mol. The molecule has 0 amide bonds. The molecule has 0 aliphatic rings. The van der Waals surface area contributed by atoms with Crippen molar-refractivity contribution in [3.05, 3.63) is 158 Å². The zero-order chi connectivity index (χ0) is 26.5. The van der Waals surface area contributed by atoms with Gasteiger partial charge >= 0.3 is 0 Å². The fraction of sp³-hybridized carbons (Fsp3) is 0. The van der Waals surface area contributed by atoms with E-state index in [2.05, 4.69) is 167 Å². The third kappa shape index (κ3) is 3.58. The van der Waals surface area contributed by atoms with Crippen LogP contribution >= 0.6 is 0 Å². The monoisotopic (exact) mass is 510 g/mol. The van der Waals surface area contributed by atoms with Crippen molar-refractivity contribution >= 4 is 32.7 Å². The second kappa shape index (κ2) is 9.14. The maximum absolute atomic E-state index is 2.42. The fourth-order valence-corrected chi connectivity index (χ4v) is 6.08. The van der Waals surface area contributed by atoms with Gasteiger partial charge in [-0.15, -0.1) is 0 Å². The minimum absolute atomic E-state index is 1.15. The van der Waals surface area contributed by atoms with Gasteiger partial charge in [-0.05, 0) is 64.7 Å². The van der Waals surface area contributed by atoms with Crippen LogP contribution in [0.15, 0.2) is 158 Å². The van der Waals surface area contributed by atoms with E-state index in [0.717, 1.165) is 11.4 Å². The molecule has 0 aliphatic carbocycles. The Kier molecular flexibility index (Phi) is 5.17. The van der Waals surface area contributed by atoms with Crippen molar-refractivity contribution in [2.45, 2.75) is 0 Å². The summed E-state index contributed by atoms with van der Waals surface area (Å²) in [5, 5.41) is 3.74. The Bertz CT molecular complexity index is 2080. The van der Waals surface area contributed by atoms with E-state index < -0.39 is 0 Å². The van der Waals surface area contributed by atoms with Gasteiger partial charge in [-0.25, -0.2) is 0 Å². The van der Waals surface area contributed by atoms with Crippen molar-refractivity contribution in [2.24, 2.45) is 0 Å². The Morgan fingerprint density at radius 3 is 1.65 bits per heavy atom. The van der Waals surface area contributed by atoms with Gasteiger partial charge in [-0.3, -0.25) is 0 Å². The normalized spacial score (nSPS) is 11.5. The van der Waals surface area contributed by atoms with Crippen LogP contribution in [0.1, 0.15) is 0 Å². The van der Waals surface area contributed by atoms with Crippen LogP contribution in [0.5, 0.6) is 0 Å². The molecule has 0 aliphatic heterocycles. The Labute approximate surface area is 233 Å². The van der Waals surface area contributed by atoms with Gasteiger partial charge in [0.05, 0.1) is 16.6 Å². The number of fused-ring (bicyclic) bond motifs is 5. The van der Waals surface area contributed by atoms with Gasteiger partial charge in [-0.2, -0.15) is 0 Å². The summed E-state index contributed by atoms with van der Waals surface area (Å²) in [6, 6.07) is 54.5. The molecule has 188 valence electrons. The average Bonchev–Trinajstić information content (AvgIpc) is 3.62. The topological polar surface area (TPSA) is 9.86 Å². The van der Waals surface area contributed by atoms with E-state index in [1.54, 1.807) is 0 Å². The van der Waals surface area contributed by atoms with Crippen LogP contribution in [-0.4, -0.2) is 9.13 Å². The van der Waals surface area contributed by atoms with Crippen LogP contribution in [0.25, 0.3) is 66.3 Å². The average molecular weight is 511 g/mol. The van der Waals surface area contributed by atoms with Gasteiger partial charge in [0.15, 0.2) is 0 Å². The summed E-state index contributed by atoms with van der Waals surface area (Å²) in [4.78, 5) is 0. The molecule has 8 aromatic rings. The molecular formula is C38H26N2. The van der Waals surface area contributed by atoms with Crippen LogP contribution in [0.4, 0.5) is 0 Å². The van der Waals surface area contributed by atoms with E-state index in [0.29, 0.717) is 0 Å².